The number of rotatable bonds is 3. The molecule has 82 valence electrons. The first-order valence-corrected chi connectivity index (χ1v) is 5.86. The molecule has 0 bridgehead atoms. The van der Waals surface area contributed by atoms with Crippen LogP contribution in [0, 0.1) is 6.92 Å². The lowest BCUT2D eigenvalue weighted by atomic mass is 10.2. The maximum atomic E-state index is 5.53. The Kier molecular flexibility index (Phi) is 3.54. The zero-order chi connectivity index (χ0) is 11.4. The third-order valence-corrected chi connectivity index (χ3v) is 3.02. The van der Waals surface area contributed by atoms with Crippen LogP contribution in [0.5, 0.6) is 0 Å². The highest BCUT2D eigenvalue weighted by Crippen LogP contribution is 2.24. The Morgan fingerprint density at radius 3 is 2.62 bits per heavy atom. The van der Waals surface area contributed by atoms with E-state index >= 15 is 0 Å². The third-order valence-electron chi connectivity index (χ3n) is 2.13. The molecular weight excluding hydrogens is 218 g/mol. The Morgan fingerprint density at radius 2 is 1.94 bits per heavy atom. The molecular formula is C12H13N3S. The molecule has 0 fully saturated rings. The summed E-state index contributed by atoms with van der Waals surface area (Å²) < 4.78 is 0. The molecule has 2 N–H and O–H groups in total. The summed E-state index contributed by atoms with van der Waals surface area (Å²) in [7, 11) is 0. The highest BCUT2D eigenvalue weighted by Gasteiger charge is 2.01. The normalized spacial score (nSPS) is 10.4. The summed E-state index contributed by atoms with van der Waals surface area (Å²) in [6.45, 7) is 2.52. The van der Waals surface area contributed by atoms with E-state index in [-0.39, 0.29) is 0 Å². The molecule has 0 aliphatic carbocycles. The topological polar surface area (TPSA) is 51.8 Å². The number of benzene rings is 1. The largest absolute Gasteiger partial charge is 0.325 e. The number of nitrogens with zero attached hydrogens (tertiary/aromatic N) is 2. The van der Waals surface area contributed by atoms with Crippen molar-refractivity contribution in [1.29, 1.82) is 0 Å². The maximum absolute atomic E-state index is 5.53. The molecule has 3 nitrogen and oxygen atoms in total. The molecule has 4 heteroatoms. The Balaban J connectivity index is 2.16. The lowest BCUT2D eigenvalue weighted by Crippen LogP contribution is -2.00. The quantitative estimate of drug-likeness (QED) is 0.824. The minimum Gasteiger partial charge on any atom is -0.325 e. The number of nitrogens with two attached hydrogens (primary N) is 1. The van der Waals surface area contributed by atoms with Gasteiger partial charge in [-0.15, -0.1) is 0 Å². The van der Waals surface area contributed by atoms with Gasteiger partial charge in [0.1, 0.15) is 0 Å². The van der Waals surface area contributed by atoms with Crippen LogP contribution in [0.4, 0.5) is 0 Å². The van der Waals surface area contributed by atoms with E-state index < -0.39 is 0 Å². The van der Waals surface area contributed by atoms with Gasteiger partial charge in [-0.25, -0.2) is 9.97 Å². The van der Waals surface area contributed by atoms with E-state index in [1.807, 2.05) is 6.07 Å². The molecule has 16 heavy (non-hydrogen) atoms. The molecule has 1 heterocycles. The van der Waals surface area contributed by atoms with Crippen LogP contribution in [0.25, 0.3) is 0 Å². The first-order valence-electron chi connectivity index (χ1n) is 5.04. The maximum Gasteiger partial charge on any atom is 0.192 e. The van der Waals surface area contributed by atoms with E-state index in [0.717, 1.165) is 15.7 Å². The van der Waals surface area contributed by atoms with Crippen LogP contribution in [0.3, 0.4) is 0 Å². The van der Waals surface area contributed by atoms with Gasteiger partial charge in [0.2, 0.25) is 0 Å². The predicted molar refractivity (Wildman–Crippen MR) is 65.2 cm³/mol. The van der Waals surface area contributed by atoms with Crippen molar-refractivity contribution in [2.45, 2.75) is 23.5 Å². The monoisotopic (exact) mass is 231 g/mol. The molecule has 0 atom stereocenters. The van der Waals surface area contributed by atoms with Crippen molar-refractivity contribution >= 4 is 11.8 Å². The summed E-state index contributed by atoms with van der Waals surface area (Å²) in [5, 5.41) is 0.742. The zero-order valence-electron chi connectivity index (χ0n) is 9.05. The Morgan fingerprint density at radius 1 is 1.19 bits per heavy atom. The van der Waals surface area contributed by atoms with Crippen molar-refractivity contribution in [3.63, 3.8) is 0 Å². The number of hydrogen-bond acceptors (Lipinski definition) is 4. The molecule has 0 aliphatic heterocycles. The van der Waals surface area contributed by atoms with Crippen molar-refractivity contribution in [3.05, 3.63) is 47.8 Å². The summed E-state index contributed by atoms with van der Waals surface area (Å²) in [6, 6.07) is 10.1. The van der Waals surface area contributed by atoms with Crippen LogP contribution in [-0.4, -0.2) is 9.97 Å². The first kappa shape index (κ1) is 11.1. The standard InChI is InChI=1S/C12H13N3S/c1-9-2-4-11(5-3-9)16-12-14-7-6-10(8-13)15-12/h2-7H,8,13H2,1H3. The van der Waals surface area contributed by atoms with E-state index in [2.05, 4.69) is 41.2 Å². The summed E-state index contributed by atoms with van der Waals surface area (Å²) in [5.41, 5.74) is 7.65. The van der Waals surface area contributed by atoms with Gasteiger partial charge in [-0.2, -0.15) is 0 Å². The fourth-order valence-electron chi connectivity index (χ4n) is 1.25. The molecule has 0 saturated heterocycles. The molecule has 1 aromatic heterocycles. The number of aryl methyl sites for hydroxylation is 1. The van der Waals surface area contributed by atoms with Crippen molar-refractivity contribution in [2.24, 2.45) is 5.73 Å². The summed E-state index contributed by atoms with van der Waals surface area (Å²) >= 11 is 1.55. The van der Waals surface area contributed by atoms with Gasteiger partial charge in [0.15, 0.2) is 5.16 Å². The fourth-order valence-corrected chi connectivity index (χ4v) is 2.01. The molecule has 0 radical (unpaired) electrons. The van der Waals surface area contributed by atoms with Crippen LogP contribution in [0.15, 0.2) is 46.6 Å². The highest BCUT2D eigenvalue weighted by molar-refractivity contribution is 7.99. The molecule has 0 aliphatic rings. The molecule has 2 rings (SSSR count). The summed E-state index contributed by atoms with van der Waals surface area (Å²) in [5.74, 6) is 0. The Labute approximate surface area is 99.1 Å². The number of aromatic nitrogens is 2. The summed E-state index contributed by atoms with van der Waals surface area (Å²) in [6.07, 6.45) is 1.74. The molecule has 0 spiro atoms. The Bertz CT molecular complexity index is 468. The second kappa shape index (κ2) is 5.09. The van der Waals surface area contributed by atoms with E-state index in [1.165, 1.54) is 5.56 Å². The van der Waals surface area contributed by atoms with Crippen molar-refractivity contribution < 1.29 is 0 Å². The molecule has 1 aromatic carbocycles. The van der Waals surface area contributed by atoms with Gasteiger partial charge in [0.25, 0.3) is 0 Å². The SMILES string of the molecule is Cc1ccc(Sc2nccc(CN)n2)cc1. The van der Waals surface area contributed by atoms with Crippen LogP contribution >= 0.6 is 11.8 Å². The predicted octanol–water partition coefficient (Wildman–Crippen LogP) is 2.39. The second-order valence-electron chi connectivity index (χ2n) is 3.45. The van der Waals surface area contributed by atoms with Crippen LogP contribution in [0.2, 0.25) is 0 Å². The van der Waals surface area contributed by atoms with Gasteiger partial charge < -0.3 is 5.73 Å². The smallest absolute Gasteiger partial charge is 0.192 e. The fraction of sp³-hybridized carbons (Fsp3) is 0.167. The Hall–Kier alpha value is -1.39. The minimum absolute atomic E-state index is 0.448. The van der Waals surface area contributed by atoms with Gasteiger partial charge in [0, 0.05) is 17.6 Å². The molecule has 0 saturated carbocycles. The average Bonchev–Trinajstić information content (AvgIpc) is 2.32. The van der Waals surface area contributed by atoms with Gasteiger partial charge >= 0.3 is 0 Å². The van der Waals surface area contributed by atoms with Crippen molar-refractivity contribution in [3.8, 4) is 0 Å². The summed E-state index contributed by atoms with van der Waals surface area (Å²) in [4.78, 5) is 9.68. The molecule has 0 unspecified atom stereocenters. The van der Waals surface area contributed by atoms with Gasteiger partial charge in [-0.3, -0.25) is 0 Å². The lowest BCUT2D eigenvalue weighted by molar-refractivity contribution is 0.874. The third kappa shape index (κ3) is 2.81. The lowest BCUT2D eigenvalue weighted by Gasteiger charge is -2.02. The van der Waals surface area contributed by atoms with Crippen LogP contribution in [-0.2, 0) is 6.54 Å². The average molecular weight is 231 g/mol. The molecule has 0 amide bonds. The minimum atomic E-state index is 0.448. The highest BCUT2D eigenvalue weighted by atomic mass is 32.2. The zero-order valence-corrected chi connectivity index (χ0v) is 9.87. The van der Waals surface area contributed by atoms with Crippen molar-refractivity contribution in [1.82, 2.24) is 9.97 Å². The number of hydrogen-bond donors (Lipinski definition) is 1. The van der Waals surface area contributed by atoms with Crippen molar-refractivity contribution in [2.75, 3.05) is 0 Å². The van der Waals surface area contributed by atoms with E-state index in [9.17, 15) is 0 Å². The first-order chi connectivity index (χ1) is 7.78. The van der Waals surface area contributed by atoms with E-state index in [0.29, 0.717) is 6.54 Å². The van der Waals surface area contributed by atoms with Gasteiger partial charge in [-0.1, -0.05) is 17.7 Å². The van der Waals surface area contributed by atoms with Gasteiger partial charge in [0.05, 0.1) is 5.69 Å². The van der Waals surface area contributed by atoms with E-state index in [4.69, 9.17) is 5.73 Å². The van der Waals surface area contributed by atoms with Crippen LogP contribution < -0.4 is 5.73 Å². The van der Waals surface area contributed by atoms with E-state index in [1.54, 1.807) is 18.0 Å². The van der Waals surface area contributed by atoms with Gasteiger partial charge in [-0.05, 0) is 36.9 Å². The second-order valence-corrected chi connectivity index (χ2v) is 4.49. The van der Waals surface area contributed by atoms with Crippen LogP contribution in [0.1, 0.15) is 11.3 Å². The molecule has 2 aromatic rings.